The summed E-state index contributed by atoms with van der Waals surface area (Å²) in [6.45, 7) is 5.02. The maximum absolute atomic E-state index is 13.1. The number of unbranched alkanes of at least 4 members (excludes halogenated alkanes) is 1. The molecule has 0 radical (unpaired) electrons. The summed E-state index contributed by atoms with van der Waals surface area (Å²) in [7, 11) is -2.31. The lowest BCUT2D eigenvalue weighted by atomic mass is 9.89. The van der Waals surface area contributed by atoms with Gasteiger partial charge in [-0.3, -0.25) is 4.79 Å². The van der Waals surface area contributed by atoms with Crippen LogP contribution in [0.25, 0.3) is 0 Å². The molecule has 48 heavy (non-hydrogen) atoms. The lowest BCUT2D eigenvalue weighted by Crippen LogP contribution is -2.35. The minimum Gasteiger partial charge on any atom is -0.393 e. The van der Waals surface area contributed by atoms with E-state index in [-0.39, 0.29) is 34.9 Å². The molecule has 4 rings (SSSR count). The smallest absolute Gasteiger partial charge is 0.273 e. The monoisotopic (exact) mass is 721 g/mol. The Morgan fingerprint density at radius 2 is 1.96 bits per heavy atom. The number of methoxy groups -OCH3 is 1. The molecule has 0 unspecified atom stereocenters. The van der Waals surface area contributed by atoms with Crippen molar-refractivity contribution < 1.29 is 33.3 Å². The van der Waals surface area contributed by atoms with Gasteiger partial charge in [0.25, 0.3) is 10.0 Å². The van der Waals surface area contributed by atoms with Crippen molar-refractivity contribution in [3.63, 3.8) is 0 Å². The van der Waals surface area contributed by atoms with E-state index >= 15 is 0 Å². The van der Waals surface area contributed by atoms with Crippen LogP contribution in [0.15, 0.2) is 69.1 Å². The van der Waals surface area contributed by atoms with Crippen molar-refractivity contribution in [3.05, 3.63) is 71.8 Å². The van der Waals surface area contributed by atoms with Gasteiger partial charge >= 0.3 is 0 Å². The maximum atomic E-state index is 13.1. The quantitative estimate of drug-likeness (QED) is 0.0793. The van der Waals surface area contributed by atoms with E-state index in [1.54, 1.807) is 31.2 Å². The number of hydrogen-bond donors (Lipinski definition) is 5. The molecule has 1 amide bonds. The van der Waals surface area contributed by atoms with E-state index in [1.807, 2.05) is 55.5 Å². The molecule has 2 heterocycles. The third kappa shape index (κ3) is 11.5. The van der Waals surface area contributed by atoms with E-state index in [2.05, 4.69) is 14.3 Å². The van der Waals surface area contributed by atoms with Crippen LogP contribution in [0, 0.1) is 11.8 Å². The van der Waals surface area contributed by atoms with Gasteiger partial charge in [-0.2, -0.15) is 0 Å². The van der Waals surface area contributed by atoms with E-state index in [1.165, 1.54) is 11.3 Å². The molecule has 1 aliphatic carbocycles. The number of sulfonamides is 1. The number of hydrogen-bond acceptors (Lipinski definition) is 11. The van der Waals surface area contributed by atoms with Crippen LogP contribution >= 0.6 is 23.3 Å². The largest absolute Gasteiger partial charge is 0.393 e. The lowest BCUT2D eigenvalue weighted by molar-refractivity contribution is -0.119. The Labute approximate surface area is 293 Å². The highest BCUT2D eigenvalue weighted by molar-refractivity contribution is 7.99. The van der Waals surface area contributed by atoms with Gasteiger partial charge in [-0.25, -0.2) is 17.4 Å². The molecule has 266 valence electrons. The number of aliphatic hydroxyl groups is 3. The Morgan fingerprint density at radius 1 is 1.17 bits per heavy atom. The fourth-order valence-electron chi connectivity index (χ4n) is 6.23. The number of likely N-dealkylation sites (N-methyl/N-ethyl adjacent to an activating group) is 1. The van der Waals surface area contributed by atoms with Crippen molar-refractivity contribution in [1.29, 1.82) is 0 Å². The van der Waals surface area contributed by atoms with Gasteiger partial charge in [0.2, 0.25) is 5.91 Å². The number of aliphatic hydroxyl groups excluding tert-OH is 3. The molecule has 5 N–H and O–H groups in total. The van der Waals surface area contributed by atoms with Gasteiger partial charge in [0.15, 0.2) is 0 Å². The molecule has 1 aromatic carbocycles. The highest BCUT2D eigenvalue weighted by atomic mass is 32.3. The van der Waals surface area contributed by atoms with Crippen LogP contribution in [0.2, 0.25) is 0 Å². The summed E-state index contributed by atoms with van der Waals surface area (Å²) in [4.78, 5) is 12.6. The van der Waals surface area contributed by atoms with Gasteiger partial charge < -0.3 is 25.4 Å². The second-order valence-electron chi connectivity index (χ2n) is 12.5. The highest BCUT2D eigenvalue weighted by Crippen LogP contribution is 2.44. The number of benzene rings is 1. The van der Waals surface area contributed by atoms with Gasteiger partial charge in [-0.1, -0.05) is 61.6 Å². The fraction of sp³-hybridized carbons (Fsp3) is 0.571. The number of nitrogens with zero attached hydrogens (tertiary/aromatic N) is 1. The average Bonchev–Trinajstić information content (AvgIpc) is 3.61. The summed E-state index contributed by atoms with van der Waals surface area (Å²) in [6.07, 6.45) is 9.62. The van der Waals surface area contributed by atoms with E-state index < -0.39 is 34.2 Å². The number of amides is 1. The summed E-state index contributed by atoms with van der Waals surface area (Å²) in [6, 6.07) is 11.7. The zero-order valence-electron chi connectivity index (χ0n) is 27.9. The number of fused-ring (bicyclic) bond motifs is 1. The number of carbonyl (C=O) groups is 1. The summed E-state index contributed by atoms with van der Waals surface area (Å²) in [5, 5.41) is 35.0. The summed E-state index contributed by atoms with van der Waals surface area (Å²) >= 11 is 2.75. The van der Waals surface area contributed by atoms with Crippen molar-refractivity contribution in [2.75, 3.05) is 33.4 Å². The van der Waals surface area contributed by atoms with E-state index in [0.717, 1.165) is 47.8 Å². The number of allylic oxidation sites excluding steroid dienone is 2. The van der Waals surface area contributed by atoms with Crippen LogP contribution in [0.1, 0.15) is 69.0 Å². The SMILES string of the molecule is CCN[C@@H]1CN(CCCOC)Sc2sc(S(=O)(=O)NC(=O)CCC/C=C\C[C@@H]3[C@@H](/C=C/[C@@H](O)CCc4ccccc4)[C@H](O)C[C@@H]3O)cc21. The molecular formula is C35H51N3O7S3. The number of thiophene rings is 1. The van der Waals surface area contributed by atoms with Gasteiger partial charge in [-0.15, -0.1) is 11.3 Å². The van der Waals surface area contributed by atoms with Crippen LogP contribution in [-0.2, 0) is 26.0 Å². The topological polar surface area (TPSA) is 148 Å². The maximum Gasteiger partial charge on any atom is 0.273 e. The number of rotatable bonds is 19. The number of carbonyl (C=O) groups excluding carboxylic acids is 1. The van der Waals surface area contributed by atoms with E-state index in [0.29, 0.717) is 32.3 Å². The van der Waals surface area contributed by atoms with Gasteiger partial charge in [0.05, 0.1) is 22.5 Å². The van der Waals surface area contributed by atoms with Gasteiger partial charge in [0, 0.05) is 51.6 Å². The Balaban J connectivity index is 1.22. The van der Waals surface area contributed by atoms with Crippen molar-refractivity contribution in [1.82, 2.24) is 14.3 Å². The Bertz CT molecular complexity index is 1450. The number of ether oxygens (including phenoxy) is 1. The van der Waals surface area contributed by atoms with Crippen molar-refractivity contribution in [3.8, 4) is 0 Å². The molecule has 1 fully saturated rings. The normalized spacial score (nSPS) is 24.0. The predicted molar refractivity (Wildman–Crippen MR) is 191 cm³/mol. The molecule has 1 aromatic heterocycles. The Morgan fingerprint density at radius 3 is 2.71 bits per heavy atom. The highest BCUT2D eigenvalue weighted by Gasteiger charge is 2.39. The van der Waals surface area contributed by atoms with E-state index in [4.69, 9.17) is 4.74 Å². The van der Waals surface area contributed by atoms with Gasteiger partial charge in [-0.05, 0) is 80.1 Å². The summed E-state index contributed by atoms with van der Waals surface area (Å²) < 4.78 is 36.9. The minimum absolute atomic E-state index is 0.00733. The minimum atomic E-state index is -3.99. The summed E-state index contributed by atoms with van der Waals surface area (Å²) in [5.41, 5.74) is 2.10. The van der Waals surface area contributed by atoms with Crippen molar-refractivity contribution in [2.24, 2.45) is 11.8 Å². The van der Waals surface area contributed by atoms with Gasteiger partial charge in [0.1, 0.15) is 4.21 Å². The van der Waals surface area contributed by atoms with Crippen LogP contribution < -0.4 is 10.0 Å². The van der Waals surface area contributed by atoms with Crippen LogP contribution in [-0.4, -0.2) is 85.6 Å². The van der Waals surface area contributed by atoms with Crippen LogP contribution in [0.5, 0.6) is 0 Å². The summed E-state index contributed by atoms with van der Waals surface area (Å²) in [5.74, 6) is -0.987. The second kappa shape index (κ2) is 19.4. The molecule has 6 atom stereocenters. The molecule has 10 nitrogen and oxygen atoms in total. The molecule has 1 saturated carbocycles. The zero-order chi connectivity index (χ0) is 34.5. The Hall–Kier alpha value is -2.07. The van der Waals surface area contributed by atoms with Crippen LogP contribution in [0.4, 0.5) is 0 Å². The molecule has 0 saturated heterocycles. The second-order valence-corrected chi connectivity index (χ2v) is 16.8. The van der Waals surface area contributed by atoms with E-state index in [9.17, 15) is 28.5 Å². The lowest BCUT2D eigenvalue weighted by Gasteiger charge is -2.31. The molecular weight excluding hydrogens is 671 g/mol. The zero-order valence-corrected chi connectivity index (χ0v) is 30.3. The molecule has 2 aliphatic rings. The molecule has 1 aliphatic heterocycles. The standard InChI is InChI=1S/C35H51N3O7S3/c1-3-36-30-24-38(20-11-21-45-2)47-35-29(30)22-34(46-35)48(43,44)37-33(42)15-10-5-4-9-14-27-28(32(41)23-31(27)40)19-18-26(39)17-16-25-12-7-6-8-13-25/h4,6-9,12-13,18-19,22,26-28,30-32,36,39-41H,3,5,10-11,14-17,20-21,23-24H2,1-2H3,(H,37,42)/b9-4-,19-18+/t26-,27+,28+,30+,31-,32+/m0/s1. The van der Waals surface area contributed by atoms with Crippen molar-refractivity contribution in [2.45, 2.75) is 91.1 Å². The van der Waals surface area contributed by atoms with Crippen LogP contribution in [0.3, 0.4) is 0 Å². The first kappa shape index (κ1) is 38.7. The first-order valence-corrected chi connectivity index (χ1v) is 19.9. The Kier molecular flexibility index (Phi) is 15.6. The number of nitrogens with one attached hydrogen (secondary N) is 2. The molecule has 0 spiro atoms. The first-order chi connectivity index (χ1) is 23.1. The fourth-order valence-corrected chi connectivity index (χ4v) is 10.4. The van der Waals surface area contributed by atoms with Crippen molar-refractivity contribution >= 4 is 39.2 Å². The first-order valence-electron chi connectivity index (χ1n) is 16.9. The molecule has 2 aromatic rings. The third-order valence-electron chi connectivity index (χ3n) is 8.79. The predicted octanol–water partition coefficient (Wildman–Crippen LogP) is 4.59. The molecule has 0 bridgehead atoms. The third-order valence-corrected chi connectivity index (χ3v) is 13.0. The number of aryl methyl sites for hydroxylation is 1. The average molecular weight is 722 g/mol. The molecule has 13 heteroatoms.